The maximum absolute atomic E-state index is 12.5. The van der Waals surface area contributed by atoms with Gasteiger partial charge in [0, 0.05) is 12.6 Å². The monoisotopic (exact) mass is 264 g/mol. The molecule has 1 heterocycles. The molecule has 0 amide bonds. The smallest absolute Gasteiger partial charge is 0.216 e. The summed E-state index contributed by atoms with van der Waals surface area (Å²) in [7, 11) is 3.20. The Labute approximate surface area is 110 Å². The van der Waals surface area contributed by atoms with Gasteiger partial charge in [0.25, 0.3) is 0 Å². The summed E-state index contributed by atoms with van der Waals surface area (Å²) in [4.78, 5) is 12.5. The molecule has 4 nitrogen and oxygen atoms in total. The van der Waals surface area contributed by atoms with Crippen LogP contribution in [-0.4, -0.2) is 22.7 Å². The lowest BCUT2D eigenvalue weighted by Crippen LogP contribution is -2.10. The second kappa shape index (κ2) is 4.82. The molecule has 0 bridgehead atoms. The fourth-order valence-electron chi connectivity index (χ4n) is 1.78. The van der Waals surface area contributed by atoms with E-state index in [0.29, 0.717) is 22.0 Å². The summed E-state index contributed by atoms with van der Waals surface area (Å²) in [6.07, 6.45) is 1.51. The van der Waals surface area contributed by atoms with Crippen LogP contribution in [0.2, 0.25) is 5.02 Å². The van der Waals surface area contributed by atoms with Crippen LogP contribution in [0.5, 0.6) is 5.75 Å². The van der Waals surface area contributed by atoms with Gasteiger partial charge >= 0.3 is 0 Å². The average molecular weight is 265 g/mol. The highest BCUT2D eigenvalue weighted by Crippen LogP contribution is 2.26. The van der Waals surface area contributed by atoms with Crippen LogP contribution in [0.15, 0.2) is 24.4 Å². The van der Waals surface area contributed by atoms with Crippen molar-refractivity contribution in [3.05, 3.63) is 46.2 Å². The Kier molecular flexibility index (Phi) is 3.39. The molecule has 1 aromatic carbocycles. The van der Waals surface area contributed by atoms with Crippen LogP contribution in [0.1, 0.15) is 21.6 Å². The first kappa shape index (κ1) is 12.6. The molecule has 1 aromatic heterocycles. The van der Waals surface area contributed by atoms with E-state index < -0.39 is 0 Å². The number of carbonyl (C=O) groups is 1. The van der Waals surface area contributed by atoms with Crippen LogP contribution in [0, 0.1) is 6.92 Å². The van der Waals surface area contributed by atoms with E-state index in [1.165, 1.54) is 18.0 Å². The van der Waals surface area contributed by atoms with Gasteiger partial charge in [0.2, 0.25) is 5.78 Å². The number of hydrogen-bond donors (Lipinski definition) is 0. The maximum atomic E-state index is 12.5. The standard InChI is InChI=1S/C13H13ClN2O2/c1-8-5-4-6-9(11(8)14)13(17)12-10(18-3)7-15-16(12)2/h4-7H,1-3H3. The number of ketones is 1. The lowest BCUT2D eigenvalue weighted by molar-refractivity contribution is 0.102. The zero-order chi connectivity index (χ0) is 13.3. The number of carbonyl (C=O) groups excluding carboxylic acids is 1. The van der Waals surface area contributed by atoms with Crippen LogP contribution in [0.4, 0.5) is 0 Å². The third-order valence-electron chi connectivity index (χ3n) is 2.78. The molecule has 0 atom stereocenters. The first-order valence-corrected chi connectivity index (χ1v) is 5.80. The van der Waals surface area contributed by atoms with E-state index in [9.17, 15) is 4.79 Å². The molecule has 0 radical (unpaired) electrons. The third kappa shape index (κ3) is 1.99. The van der Waals surface area contributed by atoms with Crippen LogP contribution in [-0.2, 0) is 7.05 Å². The van der Waals surface area contributed by atoms with Crippen LogP contribution in [0.25, 0.3) is 0 Å². The largest absolute Gasteiger partial charge is 0.493 e. The fraction of sp³-hybridized carbons (Fsp3) is 0.231. The highest BCUT2D eigenvalue weighted by molar-refractivity contribution is 6.35. The highest BCUT2D eigenvalue weighted by Gasteiger charge is 2.21. The Balaban J connectivity index is 2.55. The topological polar surface area (TPSA) is 44.1 Å². The van der Waals surface area contributed by atoms with Gasteiger partial charge in [0.05, 0.1) is 18.3 Å². The minimum Gasteiger partial charge on any atom is -0.493 e. The normalized spacial score (nSPS) is 10.4. The van der Waals surface area contributed by atoms with E-state index in [4.69, 9.17) is 16.3 Å². The first-order chi connectivity index (χ1) is 8.56. The van der Waals surface area contributed by atoms with Crippen molar-refractivity contribution in [1.29, 1.82) is 0 Å². The summed E-state index contributed by atoms with van der Waals surface area (Å²) in [5.41, 5.74) is 1.72. The molecule has 0 fully saturated rings. The van der Waals surface area contributed by atoms with E-state index in [2.05, 4.69) is 5.10 Å². The Morgan fingerprint density at radius 1 is 1.44 bits per heavy atom. The average Bonchev–Trinajstić information content (AvgIpc) is 2.73. The summed E-state index contributed by atoms with van der Waals surface area (Å²) in [6.45, 7) is 1.86. The van der Waals surface area contributed by atoms with Crippen LogP contribution in [0.3, 0.4) is 0 Å². The number of methoxy groups -OCH3 is 1. The van der Waals surface area contributed by atoms with E-state index in [-0.39, 0.29) is 5.78 Å². The van der Waals surface area contributed by atoms with Crippen molar-refractivity contribution in [1.82, 2.24) is 9.78 Å². The molecule has 5 heteroatoms. The molecule has 0 unspecified atom stereocenters. The summed E-state index contributed by atoms with van der Waals surface area (Å²) in [6, 6.07) is 5.36. The van der Waals surface area contributed by atoms with Gasteiger partial charge in [-0.15, -0.1) is 0 Å². The predicted molar refractivity (Wildman–Crippen MR) is 69.4 cm³/mol. The van der Waals surface area contributed by atoms with Gasteiger partial charge in [-0.3, -0.25) is 9.48 Å². The third-order valence-corrected chi connectivity index (χ3v) is 3.28. The van der Waals surface area contributed by atoms with E-state index in [1.54, 1.807) is 19.2 Å². The van der Waals surface area contributed by atoms with Crippen molar-refractivity contribution >= 4 is 17.4 Å². The SMILES string of the molecule is COc1cnn(C)c1C(=O)c1cccc(C)c1Cl. The zero-order valence-electron chi connectivity index (χ0n) is 10.4. The molecular weight excluding hydrogens is 252 g/mol. The number of aryl methyl sites for hydroxylation is 2. The summed E-state index contributed by atoms with van der Waals surface area (Å²) in [5, 5.41) is 4.48. The second-order valence-corrected chi connectivity index (χ2v) is 4.33. The number of ether oxygens (including phenoxy) is 1. The van der Waals surface area contributed by atoms with Crippen molar-refractivity contribution in [2.45, 2.75) is 6.92 Å². The quantitative estimate of drug-likeness (QED) is 0.801. The molecule has 0 saturated carbocycles. The van der Waals surface area contributed by atoms with Gasteiger partial charge in [0.1, 0.15) is 0 Å². The molecule has 0 spiro atoms. The molecule has 0 aliphatic rings. The van der Waals surface area contributed by atoms with Crippen molar-refractivity contribution < 1.29 is 9.53 Å². The highest BCUT2D eigenvalue weighted by atomic mass is 35.5. The van der Waals surface area contributed by atoms with Crippen LogP contribution >= 0.6 is 11.6 Å². The molecule has 0 saturated heterocycles. The second-order valence-electron chi connectivity index (χ2n) is 3.95. The van der Waals surface area contributed by atoms with E-state index >= 15 is 0 Å². The number of hydrogen-bond acceptors (Lipinski definition) is 3. The number of halogens is 1. The predicted octanol–water partition coefficient (Wildman–Crippen LogP) is 2.62. The lowest BCUT2D eigenvalue weighted by atomic mass is 10.1. The van der Waals surface area contributed by atoms with E-state index in [0.717, 1.165) is 5.56 Å². The van der Waals surface area contributed by atoms with Gasteiger partial charge in [-0.05, 0) is 18.6 Å². The van der Waals surface area contributed by atoms with Crippen molar-refractivity contribution in [2.24, 2.45) is 7.05 Å². The molecule has 94 valence electrons. The van der Waals surface area contributed by atoms with Gasteiger partial charge in [-0.2, -0.15) is 5.10 Å². The van der Waals surface area contributed by atoms with Crippen LogP contribution < -0.4 is 4.74 Å². The van der Waals surface area contributed by atoms with Crippen molar-refractivity contribution in [2.75, 3.05) is 7.11 Å². The Morgan fingerprint density at radius 3 is 2.83 bits per heavy atom. The molecule has 0 aliphatic carbocycles. The molecule has 18 heavy (non-hydrogen) atoms. The number of aromatic nitrogens is 2. The number of nitrogens with zero attached hydrogens (tertiary/aromatic N) is 2. The molecule has 0 N–H and O–H groups in total. The summed E-state index contributed by atoms with van der Waals surface area (Å²) < 4.78 is 6.62. The van der Waals surface area contributed by atoms with Crippen molar-refractivity contribution in [3.8, 4) is 5.75 Å². The minimum absolute atomic E-state index is 0.194. The fourth-order valence-corrected chi connectivity index (χ4v) is 1.99. The Hall–Kier alpha value is -1.81. The minimum atomic E-state index is -0.194. The van der Waals surface area contributed by atoms with Gasteiger partial charge < -0.3 is 4.74 Å². The Bertz CT molecular complexity index is 605. The molecule has 2 rings (SSSR count). The first-order valence-electron chi connectivity index (χ1n) is 5.42. The van der Waals surface area contributed by atoms with Gasteiger partial charge in [-0.25, -0.2) is 0 Å². The molecular formula is C13H13ClN2O2. The molecule has 0 aliphatic heterocycles. The maximum Gasteiger partial charge on any atom is 0.216 e. The van der Waals surface area contributed by atoms with E-state index in [1.807, 2.05) is 13.0 Å². The molecule has 2 aromatic rings. The Morgan fingerprint density at radius 2 is 2.17 bits per heavy atom. The lowest BCUT2D eigenvalue weighted by Gasteiger charge is -2.07. The summed E-state index contributed by atoms with van der Waals surface area (Å²) in [5.74, 6) is 0.251. The van der Waals surface area contributed by atoms with Crippen molar-refractivity contribution in [3.63, 3.8) is 0 Å². The number of rotatable bonds is 3. The zero-order valence-corrected chi connectivity index (χ0v) is 11.2. The van der Waals surface area contributed by atoms with Gasteiger partial charge in [0.15, 0.2) is 11.4 Å². The number of benzene rings is 1. The van der Waals surface area contributed by atoms with Gasteiger partial charge in [-0.1, -0.05) is 23.7 Å². The summed E-state index contributed by atoms with van der Waals surface area (Å²) >= 11 is 6.16.